The Labute approximate surface area is 128 Å². The van der Waals surface area contributed by atoms with Gasteiger partial charge in [-0.25, -0.2) is 0 Å². The fourth-order valence-corrected chi connectivity index (χ4v) is 1.99. The zero-order valence-corrected chi connectivity index (χ0v) is 12.3. The molecule has 2 amide bonds. The second kappa shape index (κ2) is 7.33. The predicted molar refractivity (Wildman–Crippen MR) is 85.7 cm³/mol. The molecule has 0 fully saturated rings. The molecule has 22 heavy (non-hydrogen) atoms. The van der Waals surface area contributed by atoms with E-state index in [9.17, 15) is 9.59 Å². The Hall–Kier alpha value is -2.73. The number of amides is 2. The third-order valence-electron chi connectivity index (χ3n) is 3.15. The van der Waals surface area contributed by atoms with Crippen molar-refractivity contribution in [2.45, 2.75) is 13.3 Å². The van der Waals surface area contributed by atoms with E-state index in [2.05, 4.69) is 15.6 Å². The zero-order chi connectivity index (χ0) is 15.9. The van der Waals surface area contributed by atoms with Gasteiger partial charge in [0.1, 0.15) is 0 Å². The lowest BCUT2D eigenvalue weighted by atomic mass is 10.1. The molecule has 0 aliphatic heterocycles. The minimum absolute atomic E-state index is 0.0866. The average Bonchev–Trinajstić information content (AvgIpc) is 2.55. The number of aromatic nitrogens is 1. The minimum atomic E-state index is -0.271. The lowest BCUT2D eigenvalue weighted by Crippen LogP contribution is -2.22. The highest BCUT2D eigenvalue weighted by Gasteiger charge is 2.09. The molecule has 4 N–H and O–H groups in total. The van der Waals surface area contributed by atoms with Crippen LogP contribution in [0.1, 0.15) is 22.8 Å². The second-order valence-electron chi connectivity index (χ2n) is 4.67. The molecule has 0 bridgehead atoms. The Bertz CT molecular complexity index is 671. The number of benzene rings is 1. The topological polar surface area (TPSA) is 97.1 Å². The summed E-state index contributed by atoms with van der Waals surface area (Å²) in [6.07, 6.45) is 3.88. The quantitative estimate of drug-likeness (QED) is 0.784. The number of nitrogens with two attached hydrogens (primary N) is 1. The maximum atomic E-state index is 12.1. The van der Waals surface area contributed by atoms with E-state index in [0.717, 1.165) is 12.0 Å². The van der Waals surface area contributed by atoms with Crippen molar-refractivity contribution in [1.82, 2.24) is 4.98 Å². The van der Waals surface area contributed by atoms with Gasteiger partial charge in [0.05, 0.1) is 6.54 Å². The van der Waals surface area contributed by atoms with E-state index in [-0.39, 0.29) is 18.4 Å². The summed E-state index contributed by atoms with van der Waals surface area (Å²) in [6.45, 7) is 1.90. The number of anilines is 2. The van der Waals surface area contributed by atoms with E-state index in [1.54, 1.807) is 36.7 Å². The zero-order valence-electron chi connectivity index (χ0n) is 12.3. The first-order valence-corrected chi connectivity index (χ1v) is 6.98. The Morgan fingerprint density at radius 3 is 2.50 bits per heavy atom. The van der Waals surface area contributed by atoms with Crippen LogP contribution in [0.3, 0.4) is 0 Å². The van der Waals surface area contributed by atoms with Crippen LogP contribution in [0.5, 0.6) is 0 Å². The Kier molecular flexibility index (Phi) is 5.21. The smallest absolute Gasteiger partial charge is 0.255 e. The fourth-order valence-electron chi connectivity index (χ4n) is 1.99. The highest BCUT2D eigenvalue weighted by molar-refractivity contribution is 6.04. The van der Waals surface area contributed by atoms with Gasteiger partial charge in [-0.2, -0.15) is 0 Å². The molecule has 6 nitrogen and oxygen atoms in total. The van der Waals surface area contributed by atoms with Gasteiger partial charge in [-0.1, -0.05) is 13.0 Å². The first kappa shape index (κ1) is 15.7. The van der Waals surface area contributed by atoms with E-state index in [1.807, 2.05) is 13.0 Å². The van der Waals surface area contributed by atoms with Crippen LogP contribution in [-0.4, -0.2) is 23.3 Å². The third-order valence-corrected chi connectivity index (χ3v) is 3.15. The molecule has 1 aromatic carbocycles. The van der Waals surface area contributed by atoms with Gasteiger partial charge in [-0.05, 0) is 36.2 Å². The Morgan fingerprint density at radius 1 is 1.14 bits per heavy atom. The van der Waals surface area contributed by atoms with Gasteiger partial charge in [0.2, 0.25) is 5.91 Å². The van der Waals surface area contributed by atoms with Crippen molar-refractivity contribution in [3.05, 3.63) is 53.9 Å². The molecule has 0 aliphatic carbocycles. The van der Waals surface area contributed by atoms with Crippen molar-refractivity contribution in [2.75, 3.05) is 17.2 Å². The van der Waals surface area contributed by atoms with E-state index in [0.29, 0.717) is 16.9 Å². The molecule has 1 aromatic heterocycles. The number of rotatable bonds is 5. The van der Waals surface area contributed by atoms with Crippen molar-refractivity contribution in [3.8, 4) is 0 Å². The van der Waals surface area contributed by atoms with Crippen LogP contribution in [-0.2, 0) is 11.2 Å². The lowest BCUT2D eigenvalue weighted by Gasteiger charge is -2.12. The summed E-state index contributed by atoms with van der Waals surface area (Å²) in [5.41, 5.74) is 8.07. The number of carbonyl (C=O) groups excluding carboxylic acids is 2. The number of pyridine rings is 1. The largest absolute Gasteiger partial charge is 0.325 e. The average molecular weight is 298 g/mol. The van der Waals surface area contributed by atoms with Crippen LogP contribution < -0.4 is 16.4 Å². The first-order valence-electron chi connectivity index (χ1n) is 6.98. The molecule has 0 radical (unpaired) electrons. The lowest BCUT2D eigenvalue weighted by molar-refractivity contribution is -0.114. The number of hydrogen-bond donors (Lipinski definition) is 3. The van der Waals surface area contributed by atoms with Gasteiger partial charge in [0.25, 0.3) is 5.91 Å². The molecule has 2 rings (SSSR count). The summed E-state index contributed by atoms with van der Waals surface area (Å²) in [5, 5.41) is 5.53. The maximum Gasteiger partial charge on any atom is 0.255 e. The van der Waals surface area contributed by atoms with Gasteiger partial charge >= 0.3 is 0 Å². The first-order chi connectivity index (χ1) is 10.6. The normalized spacial score (nSPS) is 10.1. The Morgan fingerprint density at radius 2 is 1.86 bits per heavy atom. The van der Waals surface area contributed by atoms with Gasteiger partial charge < -0.3 is 16.4 Å². The molecule has 0 unspecified atom stereocenters. The SMILES string of the molecule is CCc1ccc(NC(=O)c2ccncc2)cc1NC(=O)CN. The van der Waals surface area contributed by atoms with Gasteiger partial charge in [0, 0.05) is 29.3 Å². The van der Waals surface area contributed by atoms with Crippen molar-refractivity contribution >= 4 is 23.2 Å². The van der Waals surface area contributed by atoms with Crippen molar-refractivity contribution in [2.24, 2.45) is 5.73 Å². The van der Waals surface area contributed by atoms with E-state index < -0.39 is 0 Å². The minimum Gasteiger partial charge on any atom is -0.325 e. The molecule has 0 atom stereocenters. The Balaban J connectivity index is 2.19. The molecule has 1 heterocycles. The second-order valence-corrected chi connectivity index (χ2v) is 4.67. The van der Waals surface area contributed by atoms with E-state index in [4.69, 9.17) is 5.73 Å². The summed E-state index contributed by atoms with van der Waals surface area (Å²) in [7, 11) is 0. The van der Waals surface area contributed by atoms with Crippen LogP contribution in [0.25, 0.3) is 0 Å². The fraction of sp³-hybridized carbons (Fsp3) is 0.188. The molecule has 2 aromatic rings. The van der Waals surface area contributed by atoms with Crippen LogP contribution in [0, 0.1) is 0 Å². The van der Waals surface area contributed by atoms with Crippen LogP contribution in [0.15, 0.2) is 42.7 Å². The number of nitrogens with zero attached hydrogens (tertiary/aromatic N) is 1. The number of hydrogen-bond acceptors (Lipinski definition) is 4. The number of nitrogens with one attached hydrogen (secondary N) is 2. The van der Waals surface area contributed by atoms with Gasteiger partial charge in [-0.3, -0.25) is 14.6 Å². The van der Waals surface area contributed by atoms with Crippen LogP contribution in [0.4, 0.5) is 11.4 Å². The molecule has 6 heteroatoms. The monoisotopic (exact) mass is 298 g/mol. The summed E-state index contributed by atoms with van der Waals surface area (Å²) < 4.78 is 0. The molecule has 0 aliphatic rings. The summed E-state index contributed by atoms with van der Waals surface area (Å²) >= 11 is 0. The van der Waals surface area contributed by atoms with Gasteiger partial charge in [-0.15, -0.1) is 0 Å². The summed E-state index contributed by atoms with van der Waals surface area (Å²) in [4.78, 5) is 27.5. The highest BCUT2D eigenvalue weighted by atomic mass is 16.2. The van der Waals surface area contributed by atoms with Gasteiger partial charge in [0.15, 0.2) is 0 Å². The predicted octanol–water partition coefficient (Wildman–Crippen LogP) is 1.79. The number of aryl methyl sites for hydroxylation is 1. The molecule has 114 valence electrons. The van der Waals surface area contributed by atoms with Crippen molar-refractivity contribution < 1.29 is 9.59 Å². The van der Waals surface area contributed by atoms with Crippen LogP contribution in [0.2, 0.25) is 0 Å². The van der Waals surface area contributed by atoms with Crippen molar-refractivity contribution in [3.63, 3.8) is 0 Å². The molecule has 0 saturated carbocycles. The standard InChI is InChI=1S/C16H18N4O2/c1-2-11-3-4-13(9-14(11)20-15(21)10-17)19-16(22)12-5-7-18-8-6-12/h3-9H,2,10,17H2,1H3,(H,19,22)(H,20,21). The molecule has 0 spiro atoms. The maximum absolute atomic E-state index is 12.1. The molecular weight excluding hydrogens is 280 g/mol. The third kappa shape index (κ3) is 3.89. The van der Waals surface area contributed by atoms with Crippen LogP contribution >= 0.6 is 0 Å². The summed E-state index contributed by atoms with van der Waals surface area (Å²) in [6, 6.07) is 8.66. The number of carbonyl (C=O) groups is 2. The van der Waals surface area contributed by atoms with E-state index >= 15 is 0 Å². The highest BCUT2D eigenvalue weighted by Crippen LogP contribution is 2.22. The molecular formula is C16H18N4O2. The van der Waals surface area contributed by atoms with Crippen molar-refractivity contribution in [1.29, 1.82) is 0 Å². The van der Waals surface area contributed by atoms with E-state index in [1.165, 1.54) is 0 Å². The summed E-state index contributed by atoms with van der Waals surface area (Å²) in [5.74, 6) is -0.505. The molecule has 0 saturated heterocycles.